The zero-order valence-electron chi connectivity index (χ0n) is 15.7. The van der Waals surface area contributed by atoms with E-state index in [2.05, 4.69) is 32.3 Å². The number of aromatic nitrogens is 2. The van der Waals surface area contributed by atoms with Gasteiger partial charge in [-0.1, -0.05) is 30.3 Å². The van der Waals surface area contributed by atoms with Crippen LogP contribution >= 0.6 is 0 Å². The lowest BCUT2D eigenvalue weighted by Crippen LogP contribution is -2.43. The van der Waals surface area contributed by atoms with Gasteiger partial charge in [-0.2, -0.15) is 0 Å². The Morgan fingerprint density at radius 2 is 2.11 bits per heavy atom. The Labute approximate surface area is 161 Å². The number of hydrogen-bond donors (Lipinski definition) is 1. The molecule has 0 bridgehead atoms. The number of rotatable bonds is 9. The number of nitrogens with one attached hydrogen (secondary N) is 1. The first-order valence-electron chi connectivity index (χ1n) is 9.73. The number of anilines is 1. The number of benzene rings is 1. The van der Waals surface area contributed by atoms with Crippen LogP contribution in [0.1, 0.15) is 24.8 Å². The molecule has 1 aliphatic heterocycles. The first kappa shape index (κ1) is 19.3. The van der Waals surface area contributed by atoms with Crippen LogP contribution in [0.5, 0.6) is 0 Å². The molecule has 144 valence electrons. The first-order valence-corrected chi connectivity index (χ1v) is 9.73. The van der Waals surface area contributed by atoms with Gasteiger partial charge >= 0.3 is 0 Å². The van der Waals surface area contributed by atoms with E-state index in [-0.39, 0.29) is 11.8 Å². The minimum Gasteiger partial charge on any atom is -0.381 e. The van der Waals surface area contributed by atoms with Gasteiger partial charge in [0.05, 0.1) is 18.7 Å². The van der Waals surface area contributed by atoms with Crippen LogP contribution in [-0.2, 0) is 16.0 Å². The summed E-state index contributed by atoms with van der Waals surface area (Å²) in [6.07, 6.45) is 8.80. The summed E-state index contributed by atoms with van der Waals surface area (Å²) in [5.41, 5.74) is 1.29. The van der Waals surface area contributed by atoms with Crippen molar-refractivity contribution in [2.75, 3.05) is 37.7 Å². The molecule has 1 fully saturated rings. The molecule has 6 heteroatoms. The van der Waals surface area contributed by atoms with Crippen molar-refractivity contribution in [3.63, 3.8) is 0 Å². The van der Waals surface area contributed by atoms with Gasteiger partial charge in [-0.05, 0) is 31.2 Å². The van der Waals surface area contributed by atoms with Gasteiger partial charge in [0.1, 0.15) is 5.82 Å². The van der Waals surface area contributed by atoms with Gasteiger partial charge in [0.25, 0.3) is 0 Å². The summed E-state index contributed by atoms with van der Waals surface area (Å²) in [5, 5.41) is 3.05. The molecule has 1 aliphatic rings. The third-order valence-corrected chi connectivity index (χ3v) is 4.81. The highest BCUT2D eigenvalue weighted by molar-refractivity contribution is 5.79. The molecule has 0 spiro atoms. The molecule has 0 unspecified atom stereocenters. The summed E-state index contributed by atoms with van der Waals surface area (Å²) in [4.78, 5) is 23.0. The van der Waals surface area contributed by atoms with E-state index in [1.165, 1.54) is 5.56 Å². The van der Waals surface area contributed by atoms with Gasteiger partial charge in [-0.3, -0.25) is 9.78 Å². The lowest BCUT2D eigenvalue weighted by Gasteiger charge is -2.32. The molecule has 3 rings (SSSR count). The molecule has 0 saturated carbocycles. The van der Waals surface area contributed by atoms with Crippen LogP contribution in [0.4, 0.5) is 5.82 Å². The summed E-state index contributed by atoms with van der Waals surface area (Å²) >= 11 is 0. The van der Waals surface area contributed by atoms with E-state index in [0.717, 1.165) is 38.0 Å². The van der Waals surface area contributed by atoms with Crippen molar-refractivity contribution in [3.8, 4) is 0 Å². The van der Waals surface area contributed by atoms with Crippen LogP contribution in [0.3, 0.4) is 0 Å². The predicted molar refractivity (Wildman–Crippen MR) is 106 cm³/mol. The topological polar surface area (TPSA) is 67.3 Å². The molecule has 0 aliphatic carbocycles. The van der Waals surface area contributed by atoms with Crippen molar-refractivity contribution >= 4 is 11.7 Å². The van der Waals surface area contributed by atoms with Crippen molar-refractivity contribution < 1.29 is 9.53 Å². The maximum absolute atomic E-state index is 12.4. The summed E-state index contributed by atoms with van der Waals surface area (Å²) < 4.78 is 5.67. The van der Waals surface area contributed by atoms with E-state index < -0.39 is 0 Å². The van der Waals surface area contributed by atoms with Crippen molar-refractivity contribution in [2.45, 2.75) is 25.7 Å². The molecular formula is C21H28N4O2. The molecule has 1 aromatic heterocycles. The number of carbonyl (C=O) groups is 1. The Kier molecular flexibility index (Phi) is 7.59. The highest BCUT2D eigenvalue weighted by atomic mass is 16.5. The number of hydrogen-bond acceptors (Lipinski definition) is 5. The molecular weight excluding hydrogens is 340 g/mol. The quantitative estimate of drug-likeness (QED) is 0.689. The Hall–Kier alpha value is -2.47. The highest BCUT2D eigenvalue weighted by Crippen LogP contribution is 2.20. The second kappa shape index (κ2) is 10.6. The summed E-state index contributed by atoms with van der Waals surface area (Å²) in [7, 11) is 0. The summed E-state index contributed by atoms with van der Waals surface area (Å²) in [5.74, 6) is 0.995. The van der Waals surface area contributed by atoms with Crippen LogP contribution in [0.15, 0.2) is 48.9 Å². The van der Waals surface area contributed by atoms with E-state index in [0.29, 0.717) is 26.3 Å². The molecule has 27 heavy (non-hydrogen) atoms. The van der Waals surface area contributed by atoms with Crippen molar-refractivity contribution in [2.24, 2.45) is 5.92 Å². The van der Waals surface area contributed by atoms with E-state index >= 15 is 0 Å². The molecule has 1 atom stereocenters. The zero-order chi connectivity index (χ0) is 18.7. The largest absolute Gasteiger partial charge is 0.381 e. The third-order valence-electron chi connectivity index (χ3n) is 4.81. The minimum atomic E-state index is 0.0137. The molecule has 2 heterocycles. The van der Waals surface area contributed by atoms with Gasteiger partial charge in [0.15, 0.2) is 0 Å². The Morgan fingerprint density at radius 1 is 1.22 bits per heavy atom. The molecule has 1 saturated heterocycles. The fourth-order valence-electron chi connectivity index (χ4n) is 3.32. The average molecular weight is 368 g/mol. The van der Waals surface area contributed by atoms with E-state index in [4.69, 9.17) is 4.74 Å². The van der Waals surface area contributed by atoms with Crippen LogP contribution in [-0.4, -0.2) is 48.7 Å². The first-order chi connectivity index (χ1) is 13.3. The van der Waals surface area contributed by atoms with E-state index in [1.807, 2.05) is 18.2 Å². The summed E-state index contributed by atoms with van der Waals surface area (Å²) in [6, 6.07) is 10.3. The predicted octanol–water partition coefficient (Wildman–Crippen LogP) is 2.46. The second-order valence-electron chi connectivity index (χ2n) is 6.84. The maximum Gasteiger partial charge on any atom is 0.224 e. The third kappa shape index (κ3) is 6.32. The van der Waals surface area contributed by atoms with E-state index in [9.17, 15) is 4.79 Å². The molecule has 2 aromatic rings. The number of carbonyl (C=O) groups excluding carboxylic acids is 1. The van der Waals surface area contributed by atoms with Crippen LogP contribution in [0.2, 0.25) is 0 Å². The Balaban J connectivity index is 1.29. The molecule has 6 nitrogen and oxygen atoms in total. The highest BCUT2D eigenvalue weighted by Gasteiger charge is 2.26. The minimum absolute atomic E-state index is 0.0137. The summed E-state index contributed by atoms with van der Waals surface area (Å²) in [6.45, 7) is 3.68. The Morgan fingerprint density at radius 3 is 2.93 bits per heavy atom. The fraction of sp³-hybridized carbons (Fsp3) is 0.476. The maximum atomic E-state index is 12.4. The van der Waals surface area contributed by atoms with Gasteiger partial charge < -0.3 is 15.0 Å². The smallest absolute Gasteiger partial charge is 0.224 e. The standard InChI is InChI=1S/C21H28N4O2/c26-21(19-8-4-13-25(17-19)20-16-22-11-12-23-20)24-10-5-14-27-15-9-18-6-2-1-3-7-18/h1-3,6-7,11-12,16,19H,4-5,8-10,13-15,17H2,(H,24,26)/t19-/m0/s1. The van der Waals surface area contributed by atoms with Crippen LogP contribution < -0.4 is 10.2 Å². The fourth-order valence-corrected chi connectivity index (χ4v) is 3.32. The van der Waals surface area contributed by atoms with Crippen LogP contribution in [0, 0.1) is 5.92 Å². The van der Waals surface area contributed by atoms with Crippen molar-refractivity contribution in [1.29, 1.82) is 0 Å². The Bertz CT molecular complexity index is 681. The molecule has 0 radical (unpaired) electrons. The normalized spacial score (nSPS) is 16.9. The van der Waals surface area contributed by atoms with Gasteiger partial charge in [0, 0.05) is 38.6 Å². The lowest BCUT2D eigenvalue weighted by molar-refractivity contribution is -0.125. The van der Waals surface area contributed by atoms with Gasteiger partial charge in [-0.25, -0.2) is 4.98 Å². The number of ether oxygens (including phenoxy) is 1. The number of piperidine rings is 1. The number of nitrogens with zero attached hydrogens (tertiary/aromatic N) is 3. The van der Waals surface area contributed by atoms with Gasteiger partial charge in [-0.15, -0.1) is 0 Å². The van der Waals surface area contributed by atoms with E-state index in [1.54, 1.807) is 18.6 Å². The second-order valence-corrected chi connectivity index (χ2v) is 6.84. The SMILES string of the molecule is O=C(NCCCOCCc1ccccc1)[C@H]1CCCN(c2cnccn2)C1. The molecule has 1 aromatic carbocycles. The van der Waals surface area contributed by atoms with Crippen molar-refractivity contribution in [3.05, 3.63) is 54.5 Å². The monoisotopic (exact) mass is 368 g/mol. The van der Waals surface area contributed by atoms with Crippen molar-refractivity contribution in [1.82, 2.24) is 15.3 Å². The number of amides is 1. The van der Waals surface area contributed by atoms with Crippen LogP contribution in [0.25, 0.3) is 0 Å². The zero-order valence-corrected chi connectivity index (χ0v) is 15.7. The lowest BCUT2D eigenvalue weighted by atomic mass is 9.97. The molecule has 1 amide bonds. The average Bonchev–Trinajstić information content (AvgIpc) is 2.74. The molecule has 1 N–H and O–H groups in total. The van der Waals surface area contributed by atoms with Gasteiger partial charge in [0.2, 0.25) is 5.91 Å².